The summed E-state index contributed by atoms with van der Waals surface area (Å²) >= 11 is 0. The lowest BCUT2D eigenvalue weighted by molar-refractivity contribution is 0.102. The van der Waals surface area contributed by atoms with Crippen LogP contribution in [0.2, 0.25) is 0 Å². The number of aromatic nitrogens is 1. The Labute approximate surface area is 98.5 Å². The molecule has 0 unspecified atom stereocenters. The molecule has 0 radical (unpaired) electrons. The van der Waals surface area contributed by atoms with Crippen molar-refractivity contribution in [3.05, 3.63) is 48.2 Å². The van der Waals surface area contributed by atoms with Crippen molar-refractivity contribution in [1.82, 2.24) is 4.98 Å². The fourth-order valence-corrected chi connectivity index (χ4v) is 1.30. The van der Waals surface area contributed by atoms with Gasteiger partial charge >= 0.3 is 0 Å². The van der Waals surface area contributed by atoms with Crippen LogP contribution in [0, 0.1) is 0 Å². The van der Waals surface area contributed by atoms with E-state index >= 15 is 0 Å². The van der Waals surface area contributed by atoms with E-state index in [2.05, 4.69) is 10.3 Å². The van der Waals surface area contributed by atoms with Gasteiger partial charge in [-0.2, -0.15) is 0 Å². The second-order valence-corrected chi connectivity index (χ2v) is 3.55. The average molecular weight is 228 g/mol. The molecule has 1 amide bonds. The number of nitrogens with zero attached hydrogens (tertiary/aromatic N) is 1. The number of carbonyl (C=O) groups is 1. The van der Waals surface area contributed by atoms with Crippen molar-refractivity contribution < 1.29 is 4.79 Å². The fraction of sp³-hybridized carbons (Fsp3) is 0. The SMILES string of the molecule is Nc1ccc(C(=O)Nc2ccc(N)cn2)cc1. The molecule has 0 atom stereocenters. The summed E-state index contributed by atoms with van der Waals surface area (Å²) in [4.78, 5) is 15.8. The first-order chi connectivity index (χ1) is 8.15. The Morgan fingerprint density at radius 3 is 2.24 bits per heavy atom. The Bertz CT molecular complexity index is 519. The Kier molecular flexibility index (Phi) is 2.91. The summed E-state index contributed by atoms with van der Waals surface area (Å²) in [6.45, 7) is 0. The van der Waals surface area contributed by atoms with E-state index in [0.29, 0.717) is 22.8 Å². The van der Waals surface area contributed by atoms with E-state index < -0.39 is 0 Å². The van der Waals surface area contributed by atoms with Crippen LogP contribution in [0.1, 0.15) is 10.4 Å². The molecule has 1 aromatic carbocycles. The predicted octanol–water partition coefficient (Wildman–Crippen LogP) is 1.50. The number of hydrogen-bond donors (Lipinski definition) is 3. The molecule has 0 saturated carbocycles. The second-order valence-electron chi connectivity index (χ2n) is 3.55. The van der Waals surface area contributed by atoms with E-state index in [9.17, 15) is 4.79 Å². The van der Waals surface area contributed by atoms with Crippen molar-refractivity contribution in [3.8, 4) is 0 Å². The number of rotatable bonds is 2. The zero-order valence-electron chi connectivity index (χ0n) is 9.05. The zero-order chi connectivity index (χ0) is 12.3. The van der Waals surface area contributed by atoms with Crippen molar-refractivity contribution in [3.63, 3.8) is 0 Å². The van der Waals surface area contributed by atoms with E-state index in [1.807, 2.05) is 0 Å². The quantitative estimate of drug-likeness (QED) is 0.679. The molecule has 0 bridgehead atoms. The Balaban J connectivity index is 2.11. The molecule has 0 aliphatic carbocycles. The second kappa shape index (κ2) is 4.52. The molecule has 0 fully saturated rings. The maximum atomic E-state index is 11.8. The summed E-state index contributed by atoms with van der Waals surface area (Å²) in [6, 6.07) is 9.97. The first-order valence-corrected chi connectivity index (χ1v) is 5.03. The van der Waals surface area contributed by atoms with E-state index in [1.54, 1.807) is 36.4 Å². The molecule has 0 aliphatic heterocycles. The molecule has 86 valence electrons. The normalized spacial score (nSPS) is 9.88. The van der Waals surface area contributed by atoms with E-state index in [1.165, 1.54) is 6.20 Å². The van der Waals surface area contributed by atoms with Crippen molar-refractivity contribution in [2.24, 2.45) is 0 Å². The number of benzene rings is 1. The van der Waals surface area contributed by atoms with Crippen LogP contribution >= 0.6 is 0 Å². The van der Waals surface area contributed by atoms with Crippen molar-refractivity contribution in [2.75, 3.05) is 16.8 Å². The zero-order valence-corrected chi connectivity index (χ0v) is 9.05. The highest BCUT2D eigenvalue weighted by molar-refractivity contribution is 6.03. The lowest BCUT2D eigenvalue weighted by Crippen LogP contribution is -2.12. The van der Waals surface area contributed by atoms with E-state index in [0.717, 1.165) is 0 Å². The predicted molar refractivity (Wildman–Crippen MR) is 67.5 cm³/mol. The lowest BCUT2D eigenvalue weighted by Gasteiger charge is -2.04. The largest absolute Gasteiger partial charge is 0.399 e. The van der Waals surface area contributed by atoms with Gasteiger partial charge < -0.3 is 16.8 Å². The molecule has 0 spiro atoms. The molecule has 17 heavy (non-hydrogen) atoms. The molecule has 1 aromatic heterocycles. The number of nitrogens with one attached hydrogen (secondary N) is 1. The van der Waals surface area contributed by atoms with Crippen molar-refractivity contribution in [1.29, 1.82) is 0 Å². The Morgan fingerprint density at radius 2 is 1.65 bits per heavy atom. The summed E-state index contributed by atoms with van der Waals surface area (Å²) in [5, 5.41) is 2.66. The first-order valence-electron chi connectivity index (χ1n) is 5.03. The summed E-state index contributed by atoms with van der Waals surface area (Å²) < 4.78 is 0. The number of carbonyl (C=O) groups excluding carboxylic acids is 1. The number of pyridine rings is 1. The lowest BCUT2D eigenvalue weighted by atomic mass is 10.2. The molecular weight excluding hydrogens is 216 g/mol. The third-order valence-corrected chi connectivity index (χ3v) is 2.20. The Hall–Kier alpha value is -2.56. The highest BCUT2D eigenvalue weighted by atomic mass is 16.1. The minimum absolute atomic E-state index is 0.234. The van der Waals surface area contributed by atoms with Crippen LogP contribution in [0.15, 0.2) is 42.6 Å². The maximum Gasteiger partial charge on any atom is 0.256 e. The van der Waals surface area contributed by atoms with Crippen molar-refractivity contribution in [2.45, 2.75) is 0 Å². The standard InChI is InChI=1S/C12H12N4O/c13-9-3-1-8(2-4-9)12(17)16-11-6-5-10(14)7-15-11/h1-7H,13-14H2,(H,15,16,17). The van der Waals surface area contributed by atoms with Crippen LogP contribution in [-0.4, -0.2) is 10.9 Å². The van der Waals surface area contributed by atoms with Crippen LogP contribution < -0.4 is 16.8 Å². The van der Waals surface area contributed by atoms with Crippen molar-refractivity contribution >= 4 is 23.1 Å². The summed E-state index contributed by atoms with van der Waals surface area (Å²) in [7, 11) is 0. The fourth-order valence-electron chi connectivity index (χ4n) is 1.30. The molecule has 1 heterocycles. The van der Waals surface area contributed by atoms with E-state index in [-0.39, 0.29) is 5.91 Å². The highest BCUT2D eigenvalue weighted by Gasteiger charge is 2.05. The summed E-state index contributed by atoms with van der Waals surface area (Å²) in [6.07, 6.45) is 1.48. The molecule has 5 N–H and O–H groups in total. The minimum atomic E-state index is -0.234. The van der Waals surface area contributed by atoms with Crippen LogP contribution in [0.3, 0.4) is 0 Å². The number of anilines is 3. The number of hydrogen-bond acceptors (Lipinski definition) is 4. The van der Waals surface area contributed by atoms with Gasteiger partial charge in [0, 0.05) is 11.3 Å². The van der Waals surface area contributed by atoms with Gasteiger partial charge in [0.15, 0.2) is 0 Å². The van der Waals surface area contributed by atoms with Crippen LogP contribution in [-0.2, 0) is 0 Å². The summed E-state index contributed by atoms with van der Waals surface area (Å²) in [5.41, 5.74) is 12.7. The number of amides is 1. The summed E-state index contributed by atoms with van der Waals surface area (Å²) in [5.74, 6) is 0.225. The van der Waals surface area contributed by atoms with Crippen LogP contribution in [0.25, 0.3) is 0 Å². The van der Waals surface area contributed by atoms with Gasteiger partial charge in [-0.15, -0.1) is 0 Å². The van der Waals surface area contributed by atoms with Crippen LogP contribution in [0.4, 0.5) is 17.2 Å². The molecule has 5 nitrogen and oxygen atoms in total. The van der Waals surface area contributed by atoms with Gasteiger partial charge in [0.25, 0.3) is 5.91 Å². The van der Waals surface area contributed by atoms with Gasteiger partial charge in [-0.3, -0.25) is 4.79 Å². The molecule has 2 aromatic rings. The highest BCUT2D eigenvalue weighted by Crippen LogP contribution is 2.10. The third kappa shape index (κ3) is 2.72. The number of nitrogens with two attached hydrogens (primary N) is 2. The molecule has 2 rings (SSSR count). The Morgan fingerprint density at radius 1 is 1.00 bits per heavy atom. The smallest absolute Gasteiger partial charge is 0.256 e. The molecule has 5 heteroatoms. The van der Waals surface area contributed by atoms with Gasteiger partial charge in [0.05, 0.1) is 11.9 Å². The monoisotopic (exact) mass is 228 g/mol. The van der Waals surface area contributed by atoms with Gasteiger partial charge in [-0.1, -0.05) is 0 Å². The van der Waals surface area contributed by atoms with Gasteiger partial charge in [0.1, 0.15) is 5.82 Å². The average Bonchev–Trinajstić information content (AvgIpc) is 2.33. The van der Waals surface area contributed by atoms with E-state index in [4.69, 9.17) is 11.5 Å². The first kappa shape index (κ1) is 10.9. The minimum Gasteiger partial charge on any atom is -0.399 e. The topological polar surface area (TPSA) is 94.0 Å². The molecule has 0 saturated heterocycles. The molecular formula is C12H12N4O. The molecule has 0 aliphatic rings. The van der Waals surface area contributed by atoms with Gasteiger partial charge in [-0.05, 0) is 36.4 Å². The third-order valence-electron chi connectivity index (χ3n) is 2.20. The van der Waals surface area contributed by atoms with Crippen LogP contribution in [0.5, 0.6) is 0 Å². The van der Waals surface area contributed by atoms with Gasteiger partial charge in [0.2, 0.25) is 0 Å². The van der Waals surface area contributed by atoms with Gasteiger partial charge in [-0.25, -0.2) is 4.98 Å². The number of nitrogen functional groups attached to an aromatic ring is 2. The maximum absolute atomic E-state index is 11.8.